The molecule has 0 amide bonds. The molecule has 0 saturated heterocycles. The summed E-state index contributed by atoms with van der Waals surface area (Å²) in [5.41, 5.74) is -3.36. The number of carbonyl (C=O) groups excluding carboxylic acids is 1. The van der Waals surface area contributed by atoms with Gasteiger partial charge in [0.05, 0.1) is 0 Å². The fourth-order valence-corrected chi connectivity index (χ4v) is 2.17. The number of halogens is 4. The first kappa shape index (κ1) is 17.4. The Bertz CT molecular complexity index is 679. The van der Waals surface area contributed by atoms with Gasteiger partial charge in [-0.05, 0) is 13.8 Å². The lowest BCUT2D eigenvalue weighted by Crippen LogP contribution is -2.46. The molecular weight excluding hydrogens is 320 g/mol. The minimum absolute atomic E-state index is 0.304. The number of rotatable bonds is 3. The van der Waals surface area contributed by atoms with Crippen LogP contribution in [0, 0.1) is 0 Å². The Morgan fingerprint density at radius 3 is 2.24 bits per heavy atom. The third kappa shape index (κ3) is 2.86. The van der Waals surface area contributed by atoms with Gasteiger partial charge in [0.25, 0.3) is 10.1 Å². The number of esters is 1. The molecule has 21 heavy (non-hydrogen) atoms. The molecule has 0 aromatic heterocycles. The highest BCUT2D eigenvalue weighted by Crippen LogP contribution is 2.45. The van der Waals surface area contributed by atoms with Crippen LogP contribution < -0.4 is 0 Å². The van der Waals surface area contributed by atoms with E-state index in [2.05, 4.69) is 11.3 Å². The fourth-order valence-electron chi connectivity index (χ4n) is 1.50. The van der Waals surface area contributed by atoms with Crippen molar-refractivity contribution in [2.45, 2.75) is 25.6 Å². The van der Waals surface area contributed by atoms with Gasteiger partial charge in [0.2, 0.25) is 5.60 Å². The van der Waals surface area contributed by atoms with E-state index in [0.29, 0.717) is 6.92 Å². The Kier molecular flexibility index (Phi) is 4.35. The van der Waals surface area contributed by atoms with Gasteiger partial charge >= 0.3 is 5.97 Å². The van der Waals surface area contributed by atoms with E-state index >= 15 is 0 Å². The van der Waals surface area contributed by atoms with Gasteiger partial charge in [-0.3, -0.25) is 4.55 Å². The van der Waals surface area contributed by atoms with Gasteiger partial charge in [-0.15, -0.1) is 0 Å². The number of ether oxygens (including phenoxy) is 1. The summed E-state index contributed by atoms with van der Waals surface area (Å²) in [6.45, 7) is 4.75. The fraction of sp³-hybridized carbons (Fsp3) is 0.364. The molecule has 0 radical (unpaired) electrons. The molecule has 2 atom stereocenters. The van der Waals surface area contributed by atoms with Crippen molar-refractivity contribution in [1.29, 1.82) is 0 Å². The van der Waals surface area contributed by atoms with Crippen LogP contribution in [0.2, 0.25) is 0 Å². The van der Waals surface area contributed by atoms with Gasteiger partial charge in [0, 0.05) is 5.57 Å². The van der Waals surface area contributed by atoms with E-state index in [1.807, 2.05) is 0 Å². The zero-order valence-electron chi connectivity index (χ0n) is 10.8. The van der Waals surface area contributed by atoms with Crippen molar-refractivity contribution in [3.8, 4) is 0 Å². The molecule has 0 aromatic rings. The second kappa shape index (κ2) is 5.26. The average Bonchev–Trinajstić information content (AvgIpc) is 2.33. The molecule has 0 aliphatic heterocycles. The van der Waals surface area contributed by atoms with Crippen molar-refractivity contribution in [2.75, 3.05) is 0 Å². The summed E-state index contributed by atoms with van der Waals surface area (Å²) in [6.07, 6.45) is -3.17. The third-order valence-electron chi connectivity index (χ3n) is 2.66. The Morgan fingerprint density at radius 2 is 1.86 bits per heavy atom. The van der Waals surface area contributed by atoms with Gasteiger partial charge in [0.15, 0.2) is 28.6 Å². The molecule has 0 saturated carbocycles. The van der Waals surface area contributed by atoms with Gasteiger partial charge < -0.3 is 4.74 Å². The van der Waals surface area contributed by atoms with Crippen LogP contribution >= 0.6 is 0 Å². The van der Waals surface area contributed by atoms with Crippen LogP contribution in [0.3, 0.4) is 0 Å². The lowest BCUT2D eigenvalue weighted by Gasteiger charge is -2.33. The minimum Gasteiger partial charge on any atom is -0.445 e. The van der Waals surface area contributed by atoms with E-state index in [4.69, 9.17) is 4.55 Å². The van der Waals surface area contributed by atoms with Crippen LogP contribution in [0.25, 0.3) is 0 Å². The van der Waals surface area contributed by atoms with Crippen molar-refractivity contribution >= 4 is 16.1 Å². The van der Waals surface area contributed by atoms with Gasteiger partial charge in [-0.25, -0.2) is 22.4 Å². The molecule has 1 rings (SSSR count). The van der Waals surface area contributed by atoms with Crippen LogP contribution in [0.1, 0.15) is 13.8 Å². The molecule has 1 aliphatic rings. The Labute approximate surface area is 117 Å². The third-order valence-corrected chi connectivity index (χ3v) is 3.55. The van der Waals surface area contributed by atoms with Gasteiger partial charge in [-0.2, -0.15) is 8.42 Å². The Balaban J connectivity index is 3.49. The van der Waals surface area contributed by atoms with Crippen LogP contribution in [-0.2, 0) is 19.6 Å². The molecule has 1 aliphatic carbocycles. The predicted octanol–water partition coefficient (Wildman–Crippen LogP) is 2.44. The molecule has 0 fully saturated rings. The minimum atomic E-state index is -5.55. The standard InChI is InChI=1S/C11H10F4O5S/c1-4(2)10(16)20-11(3)8(14)5(12)7(21(17,18)19)6(13)9(11)15/h8H,1H2,2-3H3,(H,17,18,19). The molecular formula is C11H10F4O5S. The van der Waals surface area contributed by atoms with E-state index in [9.17, 15) is 30.8 Å². The summed E-state index contributed by atoms with van der Waals surface area (Å²) >= 11 is 0. The molecule has 10 heteroatoms. The first-order valence-electron chi connectivity index (χ1n) is 5.30. The zero-order chi connectivity index (χ0) is 16.7. The molecule has 5 nitrogen and oxygen atoms in total. The molecule has 0 aromatic carbocycles. The smallest absolute Gasteiger partial charge is 0.334 e. The lowest BCUT2D eigenvalue weighted by atomic mass is 9.92. The number of allylic oxidation sites excluding steroid dienone is 1. The Hall–Kier alpha value is -1.68. The van der Waals surface area contributed by atoms with E-state index in [-0.39, 0.29) is 5.57 Å². The summed E-state index contributed by atoms with van der Waals surface area (Å²) in [5.74, 6) is -8.21. The average molecular weight is 330 g/mol. The first-order valence-corrected chi connectivity index (χ1v) is 6.74. The first-order chi connectivity index (χ1) is 9.34. The summed E-state index contributed by atoms with van der Waals surface area (Å²) < 4.78 is 89.4. The quantitative estimate of drug-likeness (QED) is 0.372. The second-order valence-corrected chi connectivity index (χ2v) is 5.78. The summed E-state index contributed by atoms with van der Waals surface area (Å²) in [5, 5.41) is 0. The van der Waals surface area contributed by atoms with Crippen LogP contribution in [0.4, 0.5) is 17.6 Å². The van der Waals surface area contributed by atoms with Crippen LogP contribution in [0.5, 0.6) is 0 Å². The molecule has 0 spiro atoms. The lowest BCUT2D eigenvalue weighted by molar-refractivity contribution is -0.157. The maximum Gasteiger partial charge on any atom is 0.334 e. The van der Waals surface area contributed by atoms with Crippen molar-refractivity contribution in [3.05, 3.63) is 34.5 Å². The van der Waals surface area contributed by atoms with Crippen molar-refractivity contribution < 1.29 is 40.1 Å². The highest BCUT2D eigenvalue weighted by atomic mass is 32.2. The molecule has 0 heterocycles. The number of hydrogen-bond acceptors (Lipinski definition) is 4. The summed E-state index contributed by atoms with van der Waals surface area (Å²) in [7, 11) is -5.55. The monoisotopic (exact) mass is 330 g/mol. The SMILES string of the molecule is C=C(C)C(=O)OC1(C)C(F)=C(F)C(S(=O)(=O)O)=C(F)C1F. The molecule has 0 bridgehead atoms. The van der Waals surface area contributed by atoms with E-state index < -0.39 is 50.2 Å². The van der Waals surface area contributed by atoms with Crippen molar-refractivity contribution in [3.63, 3.8) is 0 Å². The van der Waals surface area contributed by atoms with E-state index in [1.54, 1.807) is 0 Å². The highest BCUT2D eigenvalue weighted by molar-refractivity contribution is 7.90. The van der Waals surface area contributed by atoms with E-state index in [0.717, 1.165) is 6.92 Å². The molecule has 118 valence electrons. The normalized spacial score (nSPS) is 26.9. The number of carbonyl (C=O) groups is 1. The van der Waals surface area contributed by atoms with Gasteiger partial charge in [-0.1, -0.05) is 6.58 Å². The van der Waals surface area contributed by atoms with E-state index in [1.165, 1.54) is 0 Å². The zero-order valence-corrected chi connectivity index (χ0v) is 11.6. The van der Waals surface area contributed by atoms with Gasteiger partial charge in [0.1, 0.15) is 0 Å². The maximum absolute atomic E-state index is 13.9. The molecule has 2 unspecified atom stereocenters. The second-order valence-electron chi connectivity index (χ2n) is 4.42. The largest absolute Gasteiger partial charge is 0.445 e. The summed E-state index contributed by atoms with van der Waals surface area (Å²) in [6, 6.07) is 0. The highest BCUT2D eigenvalue weighted by Gasteiger charge is 2.54. The van der Waals surface area contributed by atoms with Crippen LogP contribution in [-0.4, -0.2) is 30.7 Å². The number of hydrogen-bond donors (Lipinski definition) is 1. The van der Waals surface area contributed by atoms with Crippen LogP contribution in [0.15, 0.2) is 34.5 Å². The Morgan fingerprint density at radius 1 is 1.38 bits per heavy atom. The topological polar surface area (TPSA) is 80.7 Å². The van der Waals surface area contributed by atoms with Crippen molar-refractivity contribution in [1.82, 2.24) is 0 Å². The number of alkyl halides is 1. The summed E-state index contributed by atoms with van der Waals surface area (Å²) in [4.78, 5) is 9.12. The maximum atomic E-state index is 13.9. The molecule has 1 N–H and O–H groups in total. The predicted molar refractivity (Wildman–Crippen MR) is 63.1 cm³/mol. The van der Waals surface area contributed by atoms with Crippen molar-refractivity contribution in [2.24, 2.45) is 0 Å².